The molecule has 0 radical (unpaired) electrons. The number of benzene rings is 5. The maximum atomic E-state index is 16.0. The van der Waals surface area contributed by atoms with E-state index >= 15 is 14.4 Å². The van der Waals surface area contributed by atoms with Crippen molar-refractivity contribution in [1.29, 1.82) is 0 Å². The fraction of sp³-hybridized carbons (Fsp3) is 0.122. The van der Waals surface area contributed by atoms with Crippen LogP contribution in [0.4, 0.5) is 5.69 Å². The largest absolute Gasteiger partial charge is 0.427 e. The molecular formula is C41H27Cl2NO5. The maximum Gasteiger partial charge on any atom is 0.308 e. The minimum absolute atomic E-state index is 0.246. The van der Waals surface area contributed by atoms with Crippen molar-refractivity contribution >= 4 is 63.6 Å². The molecule has 0 aromatic heterocycles. The lowest BCUT2D eigenvalue weighted by molar-refractivity contribution is -0.132. The molecule has 1 saturated carbocycles. The molecule has 6 nitrogen and oxygen atoms in total. The zero-order valence-corrected chi connectivity index (χ0v) is 27.6. The number of amides is 2. The highest BCUT2D eigenvalue weighted by molar-refractivity contribution is 6.39. The zero-order chi connectivity index (χ0) is 34.1. The highest BCUT2D eigenvalue weighted by Crippen LogP contribution is 2.74. The third kappa shape index (κ3) is 4.27. The van der Waals surface area contributed by atoms with Crippen molar-refractivity contribution in [2.75, 3.05) is 4.90 Å². The summed E-state index contributed by atoms with van der Waals surface area (Å²) >= 11 is 12.8. The minimum atomic E-state index is -1.57. The number of Topliss-reactive ketones (excluding diaryl/α,β-unsaturated/α-hetero) is 1. The van der Waals surface area contributed by atoms with Gasteiger partial charge in [-0.1, -0.05) is 108 Å². The van der Waals surface area contributed by atoms with Gasteiger partial charge >= 0.3 is 5.97 Å². The average Bonchev–Trinajstić information content (AvgIpc) is 3.62. The summed E-state index contributed by atoms with van der Waals surface area (Å²) in [6.45, 7) is 1.30. The quantitative estimate of drug-likeness (QED) is 0.103. The number of anilines is 1. The molecule has 2 bridgehead atoms. The monoisotopic (exact) mass is 683 g/mol. The number of rotatable bonds is 6. The Morgan fingerprint density at radius 1 is 0.592 bits per heavy atom. The van der Waals surface area contributed by atoms with Crippen LogP contribution in [0.3, 0.4) is 0 Å². The Kier molecular flexibility index (Phi) is 7.21. The molecule has 0 unspecified atom stereocenters. The number of nitrogens with zero attached hydrogens (tertiary/aromatic N) is 1. The van der Waals surface area contributed by atoms with Gasteiger partial charge in [-0.15, -0.1) is 0 Å². The molecular weight excluding hydrogens is 657 g/mol. The molecule has 240 valence electrons. The van der Waals surface area contributed by atoms with Gasteiger partial charge in [0, 0.05) is 17.0 Å². The van der Waals surface area contributed by atoms with E-state index in [1.807, 2.05) is 60.7 Å². The predicted octanol–water partition coefficient (Wildman–Crippen LogP) is 8.11. The summed E-state index contributed by atoms with van der Waals surface area (Å²) in [6.07, 6.45) is 0. The molecule has 5 aromatic rings. The number of ketones is 1. The Morgan fingerprint density at radius 3 is 1.39 bits per heavy atom. The molecule has 4 atom stereocenters. The fourth-order valence-electron chi connectivity index (χ4n) is 8.44. The molecule has 2 fully saturated rings. The minimum Gasteiger partial charge on any atom is -0.427 e. The Bertz CT molecular complexity index is 2070. The van der Waals surface area contributed by atoms with Crippen LogP contribution in [0.5, 0.6) is 5.75 Å². The highest BCUT2D eigenvalue weighted by Gasteiger charge is 2.82. The number of carbonyl (C=O) groups excluding carboxylic acids is 4. The van der Waals surface area contributed by atoms with E-state index in [0.29, 0.717) is 38.0 Å². The van der Waals surface area contributed by atoms with Gasteiger partial charge < -0.3 is 4.74 Å². The summed E-state index contributed by atoms with van der Waals surface area (Å²) < 4.78 is 5.21. The topological polar surface area (TPSA) is 80.8 Å². The Hall–Kier alpha value is -5.30. The zero-order valence-electron chi connectivity index (χ0n) is 26.1. The van der Waals surface area contributed by atoms with E-state index in [9.17, 15) is 4.79 Å². The van der Waals surface area contributed by atoms with Crippen LogP contribution >= 0.6 is 23.2 Å². The van der Waals surface area contributed by atoms with Crippen LogP contribution in [0, 0.1) is 11.8 Å². The number of ether oxygens (including phenoxy) is 1. The van der Waals surface area contributed by atoms with Crippen molar-refractivity contribution in [2.24, 2.45) is 11.8 Å². The number of allylic oxidation sites excluding steroid dienone is 2. The Balaban J connectivity index is 1.49. The van der Waals surface area contributed by atoms with Gasteiger partial charge in [0.1, 0.15) is 5.75 Å². The number of halogens is 2. The van der Waals surface area contributed by atoms with Gasteiger partial charge in [0.05, 0.1) is 28.4 Å². The van der Waals surface area contributed by atoms with E-state index < -0.39 is 40.4 Å². The molecule has 0 spiro atoms. The second kappa shape index (κ2) is 11.4. The Labute approximate surface area is 292 Å². The highest BCUT2D eigenvalue weighted by atomic mass is 35.5. The van der Waals surface area contributed by atoms with Gasteiger partial charge in [-0.3, -0.25) is 19.2 Å². The first-order chi connectivity index (χ1) is 23.7. The second-order valence-corrected chi connectivity index (χ2v) is 13.4. The normalized spacial score (nSPS) is 24.1. The molecule has 0 N–H and O–H groups in total. The van der Waals surface area contributed by atoms with Crippen LogP contribution in [0.1, 0.15) is 29.2 Å². The lowest BCUT2D eigenvalue weighted by Crippen LogP contribution is -2.45. The molecule has 8 rings (SSSR count). The SMILES string of the molecule is CC(=O)Oc1ccc(N2C(=O)[C@H]3[C@H](C2=O)[C@@]2(c4ccc(Cl)cc4)C(=O)[C@@]3(c3ccc(Cl)cc3)C(c3ccccc3)=C2c2ccccc2)cc1. The maximum absolute atomic E-state index is 16.0. The van der Waals surface area contributed by atoms with Crippen molar-refractivity contribution in [3.63, 3.8) is 0 Å². The Morgan fingerprint density at radius 2 is 1.00 bits per heavy atom. The number of imide groups is 1. The molecule has 8 heteroatoms. The summed E-state index contributed by atoms with van der Waals surface area (Å²) in [4.78, 5) is 58.9. The fourth-order valence-corrected chi connectivity index (χ4v) is 8.69. The average molecular weight is 685 g/mol. The van der Waals surface area contributed by atoms with Gasteiger partial charge in [-0.25, -0.2) is 4.90 Å². The van der Waals surface area contributed by atoms with Crippen molar-refractivity contribution in [3.05, 3.63) is 166 Å². The molecule has 5 aromatic carbocycles. The van der Waals surface area contributed by atoms with Crippen molar-refractivity contribution < 1.29 is 23.9 Å². The van der Waals surface area contributed by atoms with E-state index in [2.05, 4.69) is 0 Å². The van der Waals surface area contributed by atoms with Crippen molar-refractivity contribution in [3.8, 4) is 5.75 Å². The molecule has 1 aliphatic heterocycles. The van der Waals surface area contributed by atoms with Crippen LogP contribution in [-0.2, 0) is 30.0 Å². The van der Waals surface area contributed by atoms with E-state index in [1.54, 1.807) is 60.7 Å². The van der Waals surface area contributed by atoms with Gasteiger partial charge in [0.25, 0.3) is 0 Å². The lowest BCUT2D eigenvalue weighted by atomic mass is 9.59. The van der Waals surface area contributed by atoms with E-state index in [-0.39, 0.29) is 11.5 Å². The second-order valence-electron chi connectivity index (χ2n) is 12.5. The molecule has 1 saturated heterocycles. The molecule has 49 heavy (non-hydrogen) atoms. The molecule has 1 heterocycles. The number of fused-ring (bicyclic) bond motifs is 5. The van der Waals surface area contributed by atoms with E-state index in [4.69, 9.17) is 27.9 Å². The van der Waals surface area contributed by atoms with Crippen LogP contribution in [-0.4, -0.2) is 23.6 Å². The lowest BCUT2D eigenvalue weighted by Gasteiger charge is -2.39. The van der Waals surface area contributed by atoms with Crippen molar-refractivity contribution in [1.82, 2.24) is 0 Å². The standard InChI is InChI=1S/C41H27Cl2NO5/c1-24(45)49-32-22-20-31(21-23-32)44-37(46)35-36(38(44)47)41(28-14-18-30(43)19-15-28)34(26-10-6-3-7-11-26)33(25-8-4-2-5-9-25)40(35,39(41)48)27-12-16-29(42)17-13-27/h2-23,35-36H,1H3/t35-,36-,40+,41+/m1/s1. The number of hydrogen-bond acceptors (Lipinski definition) is 5. The van der Waals surface area contributed by atoms with Crippen LogP contribution < -0.4 is 9.64 Å². The van der Waals surface area contributed by atoms with Gasteiger partial charge in [-0.05, 0) is 81.9 Å². The third-order valence-electron chi connectivity index (χ3n) is 10.1. The van der Waals surface area contributed by atoms with Gasteiger partial charge in [0.15, 0.2) is 5.78 Å². The molecule has 2 amide bonds. The third-order valence-corrected chi connectivity index (χ3v) is 10.6. The summed E-state index contributed by atoms with van der Waals surface area (Å²) in [5.74, 6) is -3.64. The summed E-state index contributed by atoms with van der Waals surface area (Å²) in [5, 5.41) is 0.946. The summed E-state index contributed by atoms with van der Waals surface area (Å²) in [6, 6.07) is 39.5. The van der Waals surface area contributed by atoms with Crippen LogP contribution in [0.2, 0.25) is 10.0 Å². The molecule has 2 aliphatic carbocycles. The number of esters is 1. The first kappa shape index (κ1) is 31.0. The number of carbonyl (C=O) groups is 4. The van der Waals surface area contributed by atoms with E-state index in [0.717, 1.165) is 11.1 Å². The van der Waals surface area contributed by atoms with Crippen LogP contribution in [0.15, 0.2) is 133 Å². The van der Waals surface area contributed by atoms with Crippen LogP contribution in [0.25, 0.3) is 11.1 Å². The molecule has 3 aliphatic rings. The van der Waals surface area contributed by atoms with Gasteiger partial charge in [-0.2, -0.15) is 0 Å². The summed E-state index contributed by atoms with van der Waals surface area (Å²) in [7, 11) is 0. The number of hydrogen-bond donors (Lipinski definition) is 0. The first-order valence-corrected chi connectivity index (χ1v) is 16.6. The predicted molar refractivity (Wildman–Crippen MR) is 188 cm³/mol. The van der Waals surface area contributed by atoms with E-state index in [1.165, 1.54) is 24.0 Å². The van der Waals surface area contributed by atoms with Gasteiger partial charge in [0.2, 0.25) is 11.8 Å². The first-order valence-electron chi connectivity index (χ1n) is 15.8. The van der Waals surface area contributed by atoms with Crippen molar-refractivity contribution in [2.45, 2.75) is 17.8 Å². The summed E-state index contributed by atoms with van der Waals surface area (Å²) in [5.41, 5.74) is 1.21. The smallest absolute Gasteiger partial charge is 0.308 e.